The molecule has 0 saturated heterocycles. The number of nitrogens with zero attached hydrogens (tertiary/aromatic N) is 2. The van der Waals surface area contributed by atoms with Crippen LogP contribution in [0.2, 0.25) is 5.02 Å². The lowest BCUT2D eigenvalue weighted by Crippen LogP contribution is -2.41. The van der Waals surface area contributed by atoms with Crippen molar-refractivity contribution in [1.82, 2.24) is 4.57 Å². The third-order valence-electron chi connectivity index (χ3n) is 4.65. The Hall–Kier alpha value is -2.63. The highest BCUT2D eigenvalue weighted by Crippen LogP contribution is 2.38. The lowest BCUT2D eigenvalue weighted by molar-refractivity contribution is -0.140. The molecule has 3 aromatic rings. The number of benzene rings is 1. The summed E-state index contributed by atoms with van der Waals surface area (Å²) < 4.78 is 53.9. The van der Waals surface area contributed by atoms with Gasteiger partial charge in [-0.1, -0.05) is 35.1 Å². The van der Waals surface area contributed by atoms with Crippen LogP contribution in [0.5, 0.6) is 0 Å². The number of fused-ring (bicyclic) bond motifs is 1. The first kappa shape index (κ1) is 23.5. The number of aromatic nitrogens is 1. The molecule has 0 aliphatic carbocycles. The maximum Gasteiger partial charge on any atom is 0.434 e. The van der Waals surface area contributed by atoms with Gasteiger partial charge < -0.3 is 9.15 Å². The van der Waals surface area contributed by atoms with E-state index in [-0.39, 0.29) is 21.5 Å². The summed E-state index contributed by atoms with van der Waals surface area (Å²) in [5.74, 6) is -0.895. The molecule has 172 valence electrons. The van der Waals surface area contributed by atoms with Gasteiger partial charge in [-0.2, -0.15) is 13.2 Å². The van der Waals surface area contributed by atoms with Crippen molar-refractivity contribution >= 4 is 50.9 Å². The fourth-order valence-corrected chi connectivity index (χ4v) is 4.76. The van der Waals surface area contributed by atoms with Crippen LogP contribution < -0.4 is 14.9 Å². The summed E-state index contributed by atoms with van der Waals surface area (Å²) in [5, 5.41) is 0.340. The number of halogens is 5. The number of hydrogen-bond acceptors (Lipinski definition) is 6. The Bertz CT molecular complexity index is 1440. The predicted molar refractivity (Wildman–Crippen MR) is 119 cm³/mol. The highest BCUT2D eigenvalue weighted by atomic mass is 79.9. The monoisotopic (exact) mass is 560 g/mol. The summed E-state index contributed by atoms with van der Waals surface area (Å²) in [6.45, 7) is 1.32. The molecular weight excluding hydrogens is 549 g/mol. The Morgan fingerprint density at radius 2 is 2.00 bits per heavy atom. The van der Waals surface area contributed by atoms with Gasteiger partial charge in [0.2, 0.25) is 0 Å². The maximum atomic E-state index is 14.0. The molecule has 0 amide bonds. The summed E-state index contributed by atoms with van der Waals surface area (Å²) in [4.78, 5) is 29.5. The molecule has 33 heavy (non-hydrogen) atoms. The Kier molecular flexibility index (Phi) is 6.39. The number of alkyl halides is 3. The average molecular weight is 562 g/mol. The zero-order valence-electron chi connectivity index (χ0n) is 16.7. The Morgan fingerprint density at radius 1 is 1.30 bits per heavy atom. The number of thiazole rings is 1. The minimum absolute atomic E-state index is 0.0844. The van der Waals surface area contributed by atoms with Gasteiger partial charge in [-0.25, -0.2) is 9.79 Å². The van der Waals surface area contributed by atoms with Crippen LogP contribution in [-0.2, 0) is 9.53 Å². The number of esters is 1. The fourth-order valence-electron chi connectivity index (χ4n) is 3.34. The lowest BCUT2D eigenvalue weighted by Gasteiger charge is -2.26. The third kappa shape index (κ3) is 4.57. The van der Waals surface area contributed by atoms with Crippen LogP contribution in [0, 0.1) is 0 Å². The molecule has 12 heteroatoms. The topological polar surface area (TPSA) is 73.8 Å². The van der Waals surface area contributed by atoms with Gasteiger partial charge in [0.1, 0.15) is 5.76 Å². The van der Waals surface area contributed by atoms with Gasteiger partial charge in [0.05, 0.1) is 22.8 Å². The molecule has 1 aromatic carbocycles. The molecule has 1 aliphatic rings. The van der Waals surface area contributed by atoms with Crippen LogP contribution in [0.4, 0.5) is 13.2 Å². The van der Waals surface area contributed by atoms with Crippen molar-refractivity contribution in [3.05, 3.63) is 88.4 Å². The minimum atomic E-state index is -4.96. The Balaban J connectivity index is 2.05. The molecule has 3 heterocycles. The normalized spacial score (nSPS) is 16.5. The summed E-state index contributed by atoms with van der Waals surface area (Å²) in [6.07, 6.45) is -3.57. The minimum Gasteiger partial charge on any atom is -0.463 e. The molecule has 4 rings (SSSR count). The van der Waals surface area contributed by atoms with Crippen LogP contribution in [-0.4, -0.2) is 23.3 Å². The number of furan rings is 1. The molecule has 2 aromatic heterocycles. The van der Waals surface area contributed by atoms with E-state index >= 15 is 0 Å². The van der Waals surface area contributed by atoms with Gasteiger partial charge in [-0.15, -0.1) is 0 Å². The SMILES string of the molecule is CCOC(=O)C1=C(C(F)(F)F)N=c2s/c(=C\c3ccc(Br)o3)c(=O)n2[C@@H]1c1ccc(Cl)cc1. The molecule has 0 fully saturated rings. The van der Waals surface area contributed by atoms with E-state index in [2.05, 4.69) is 20.9 Å². The van der Waals surface area contributed by atoms with E-state index in [0.717, 1.165) is 15.9 Å². The van der Waals surface area contributed by atoms with E-state index < -0.39 is 35.0 Å². The maximum absolute atomic E-state index is 14.0. The van der Waals surface area contributed by atoms with Gasteiger partial charge in [0.15, 0.2) is 15.2 Å². The smallest absolute Gasteiger partial charge is 0.434 e. The zero-order chi connectivity index (χ0) is 23.9. The number of hydrogen-bond donors (Lipinski definition) is 0. The van der Waals surface area contributed by atoms with Crippen LogP contribution in [0.25, 0.3) is 6.08 Å². The van der Waals surface area contributed by atoms with Crippen molar-refractivity contribution in [1.29, 1.82) is 0 Å². The second kappa shape index (κ2) is 8.96. The van der Waals surface area contributed by atoms with Crippen molar-refractivity contribution < 1.29 is 27.1 Å². The van der Waals surface area contributed by atoms with Crippen LogP contribution >= 0.6 is 38.9 Å². The quantitative estimate of drug-likeness (QED) is 0.444. The number of carbonyl (C=O) groups excluding carboxylic acids is 1. The highest BCUT2D eigenvalue weighted by Gasteiger charge is 2.45. The molecular formula is C21H13BrClF3N2O4S. The molecule has 0 unspecified atom stereocenters. The van der Waals surface area contributed by atoms with Gasteiger partial charge in [-0.3, -0.25) is 9.36 Å². The Morgan fingerprint density at radius 3 is 2.58 bits per heavy atom. The predicted octanol–water partition coefficient (Wildman–Crippen LogP) is 4.35. The second-order valence-corrected chi connectivity index (χ2v) is 8.98. The van der Waals surface area contributed by atoms with E-state index in [1.807, 2.05) is 0 Å². The summed E-state index contributed by atoms with van der Waals surface area (Å²) in [5.41, 5.74) is -2.57. The van der Waals surface area contributed by atoms with E-state index in [1.165, 1.54) is 37.3 Å². The molecule has 0 saturated carbocycles. The standard InChI is InChI=1S/C21H13BrClF3N2O4S/c1-2-31-19(30)15-16(10-3-5-11(23)6-4-10)28-18(29)13(9-12-7-8-14(22)32-12)33-20(28)27-17(15)21(24,25)26/h3-9,16H,2H2,1H3/b13-9-/t16-/m1/s1. The zero-order valence-corrected chi connectivity index (χ0v) is 19.8. The van der Waals surface area contributed by atoms with Gasteiger partial charge in [-0.05, 0) is 52.7 Å². The average Bonchev–Trinajstić information content (AvgIpc) is 3.30. The molecule has 6 nitrogen and oxygen atoms in total. The molecule has 0 N–H and O–H groups in total. The molecule has 0 radical (unpaired) electrons. The van der Waals surface area contributed by atoms with Crippen molar-refractivity contribution in [3.8, 4) is 0 Å². The first-order valence-electron chi connectivity index (χ1n) is 9.41. The first-order chi connectivity index (χ1) is 15.6. The van der Waals surface area contributed by atoms with Gasteiger partial charge in [0, 0.05) is 11.1 Å². The number of carbonyl (C=O) groups is 1. The van der Waals surface area contributed by atoms with E-state index in [0.29, 0.717) is 15.5 Å². The third-order valence-corrected chi connectivity index (χ3v) is 6.31. The Labute approximate surface area is 201 Å². The van der Waals surface area contributed by atoms with Crippen LogP contribution in [0.15, 0.2) is 66.5 Å². The van der Waals surface area contributed by atoms with E-state index in [9.17, 15) is 22.8 Å². The van der Waals surface area contributed by atoms with Crippen molar-refractivity contribution in [2.24, 2.45) is 4.99 Å². The molecule has 1 aliphatic heterocycles. The van der Waals surface area contributed by atoms with Gasteiger partial charge >= 0.3 is 12.1 Å². The molecule has 0 spiro atoms. The number of allylic oxidation sites excluding steroid dienone is 1. The van der Waals surface area contributed by atoms with Crippen molar-refractivity contribution in [3.63, 3.8) is 0 Å². The van der Waals surface area contributed by atoms with Crippen LogP contribution in [0.1, 0.15) is 24.3 Å². The fraction of sp³-hybridized carbons (Fsp3) is 0.190. The summed E-state index contributed by atoms with van der Waals surface area (Å²) >= 11 is 9.85. The first-order valence-corrected chi connectivity index (χ1v) is 11.4. The number of ether oxygens (including phenoxy) is 1. The highest BCUT2D eigenvalue weighted by molar-refractivity contribution is 9.10. The van der Waals surface area contributed by atoms with E-state index in [4.69, 9.17) is 20.8 Å². The van der Waals surface area contributed by atoms with Crippen LogP contribution in [0.3, 0.4) is 0 Å². The van der Waals surface area contributed by atoms with Gasteiger partial charge in [0.25, 0.3) is 5.56 Å². The lowest BCUT2D eigenvalue weighted by atomic mass is 9.95. The number of rotatable bonds is 4. The summed E-state index contributed by atoms with van der Waals surface area (Å²) in [6, 6.07) is 7.61. The largest absolute Gasteiger partial charge is 0.463 e. The molecule has 1 atom stereocenters. The van der Waals surface area contributed by atoms with E-state index in [1.54, 1.807) is 12.1 Å². The summed E-state index contributed by atoms with van der Waals surface area (Å²) in [7, 11) is 0. The van der Waals surface area contributed by atoms with Crippen molar-refractivity contribution in [2.45, 2.75) is 19.1 Å². The second-order valence-electron chi connectivity index (χ2n) is 6.76. The molecule has 0 bridgehead atoms. The van der Waals surface area contributed by atoms with Crippen molar-refractivity contribution in [2.75, 3.05) is 6.61 Å².